The maximum Gasteiger partial charge on any atom is 0.138 e. The molecular weight excluding hydrogens is 198 g/mol. The first-order valence-corrected chi connectivity index (χ1v) is 5.52. The molecule has 0 spiro atoms. The maximum atomic E-state index is 6.15. The van der Waals surface area contributed by atoms with Crippen LogP contribution in [-0.2, 0) is 13.5 Å². The van der Waals surface area contributed by atoms with E-state index in [1.807, 2.05) is 11.7 Å². The Balaban J connectivity index is 2.25. The van der Waals surface area contributed by atoms with Crippen LogP contribution in [-0.4, -0.2) is 20.1 Å². The van der Waals surface area contributed by atoms with Crippen LogP contribution < -0.4 is 0 Å². The van der Waals surface area contributed by atoms with Gasteiger partial charge in [0.1, 0.15) is 12.2 Å². The number of halogens is 1. The molecule has 0 radical (unpaired) electrons. The molecule has 0 aliphatic heterocycles. The van der Waals surface area contributed by atoms with Crippen molar-refractivity contribution in [2.24, 2.45) is 13.0 Å². The first-order chi connectivity index (χ1) is 6.61. The predicted octanol–water partition coefficient (Wildman–Crippen LogP) is 2.40. The molecule has 1 rings (SSSR count). The van der Waals surface area contributed by atoms with Crippen molar-refractivity contribution in [3.8, 4) is 0 Å². The van der Waals surface area contributed by atoms with Gasteiger partial charge < -0.3 is 0 Å². The van der Waals surface area contributed by atoms with Gasteiger partial charge in [0, 0.05) is 18.8 Å². The van der Waals surface area contributed by atoms with Gasteiger partial charge in [-0.15, -0.1) is 11.6 Å². The van der Waals surface area contributed by atoms with Crippen molar-refractivity contribution < 1.29 is 0 Å². The van der Waals surface area contributed by atoms with E-state index in [2.05, 4.69) is 23.9 Å². The van der Waals surface area contributed by atoms with E-state index in [9.17, 15) is 0 Å². The monoisotopic (exact) mass is 215 g/mol. The molecule has 0 aliphatic carbocycles. The molecule has 0 amide bonds. The normalized spacial score (nSPS) is 13.5. The van der Waals surface area contributed by atoms with Gasteiger partial charge in [-0.05, 0) is 18.8 Å². The SMILES string of the molecule is CC(C)C(Cl)CCCc1ncnn1C. The summed E-state index contributed by atoms with van der Waals surface area (Å²) >= 11 is 6.15. The van der Waals surface area contributed by atoms with E-state index in [0.29, 0.717) is 5.92 Å². The van der Waals surface area contributed by atoms with Crippen molar-refractivity contribution in [1.29, 1.82) is 0 Å². The van der Waals surface area contributed by atoms with Crippen LogP contribution in [0, 0.1) is 5.92 Å². The Morgan fingerprint density at radius 1 is 1.50 bits per heavy atom. The van der Waals surface area contributed by atoms with E-state index in [1.165, 1.54) is 0 Å². The largest absolute Gasteiger partial charge is 0.253 e. The molecular formula is C10H18ClN3. The van der Waals surface area contributed by atoms with E-state index >= 15 is 0 Å². The molecule has 0 saturated heterocycles. The Morgan fingerprint density at radius 3 is 2.71 bits per heavy atom. The van der Waals surface area contributed by atoms with Crippen LogP contribution in [0.15, 0.2) is 6.33 Å². The molecule has 0 saturated carbocycles. The Bertz CT molecular complexity index is 270. The van der Waals surface area contributed by atoms with Crippen LogP contribution in [0.4, 0.5) is 0 Å². The highest BCUT2D eigenvalue weighted by molar-refractivity contribution is 6.20. The highest BCUT2D eigenvalue weighted by Gasteiger charge is 2.09. The molecule has 0 aromatic carbocycles. The second-order valence-corrected chi connectivity index (χ2v) is 4.51. The highest BCUT2D eigenvalue weighted by Crippen LogP contribution is 2.16. The summed E-state index contributed by atoms with van der Waals surface area (Å²) in [6.07, 6.45) is 4.69. The van der Waals surface area contributed by atoms with Crippen molar-refractivity contribution >= 4 is 11.6 Å². The lowest BCUT2D eigenvalue weighted by Gasteiger charge is -2.12. The molecule has 80 valence electrons. The Morgan fingerprint density at radius 2 is 2.21 bits per heavy atom. The zero-order chi connectivity index (χ0) is 10.6. The van der Waals surface area contributed by atoms with Crippen LogP contribution in [0.5, 0.6) is 0 Å². The molecule has 1 aromatic rings. The zero-order valence-corrected chi connectivity index (χ0v) is 9.83. The first kappa shape index (κ1) is 11.5. The minimum Gasteiger partial charge on any atom is -0.253 e. The third kappa shape index (κ3) is 3.29. The lowest BCUT2D eigenvalue weighted by atomic mass is 10.0. The van der Waals surface area contributed by atoms with Gasteiger partial charge in [0.2, 0.25) is 0 Å². The summed E-state index contributed by atoms with van der Waals surface area (Å²) in [7, 11) is 1.92. The molecule has 1 unspecified atom stereocenters. The maximum absolute atomic E-state index is 6.15. The Kier molecular flexibility index (Phi) is 4.39. The second-order valence-electron chi connectivity index (χ2n) is 3.95. The summed E-state index contributed by atoms with van der Waals surface area (Å²) in [6, 6.07) is 0. The van der Waals surface area contributed by atoms with E-state index in [-0.39, 0.29) is 5.38 Å². The number of alkyl halides is 1. The smallest absolute Gasteiger partial charge is 0.138 e. The summed E-state index contributed by atoms with van der Waals surface area (Å²) in [4.78, 5) is 4.17. The van der Waals surface area contributed by atoms with E-state index < -0.39 is 0 Å². The van der Waals surface area contributed by atoms with Gasteiger partial charge in [-0.1, -0.05) is 13.8 Å². The van der Waals surface area contributed by atoms with Crippen molar-refractivity contribution in [2.75, 3.05) is 0 Å². The van der Waals surface area contributed by atoms with Crippen LogP contribution in [0.25, 0.3) is 0 Å². The predicted molar refractivity (Wildman–Crippen MR) is 58.4 cm³/mol. The highest BCUT2D eigenvalue weighted by atomic mass is 35.5. The number of hydrogen-bond donors (Lipinski definition) is 0. The van der Waals surface area contributed by atoms with Crippen LogP contribution in [0.3, 0.4) is 0 Å². The van der Waals surface area contributed by atoms with Crippen molar-refractivity contribution in [3.05, 3.63) is 12.2 Å². The summed E-state index contributed by atoms with van der Waals surface area (Å²) in [5.74, 6) is 1.59. The number of aromatic nitrogens is 3. The van der Waals surface area contributed by atoms with E-state index in [1.54, 1.807) is 6.33 Å². The Hall–Kier alpha value is -0.570. The molecule has 1 atom stereocenters. The number of aryl methyl sites for hydroxylation is 2. The molecule has 1 aromatic heterocycles. The molecule has 14 heavy (non-hydrogen) atoms. The zero-order valence-electron chi connectivity index (χ0n) is 9.07. The molecule has 1 heterocycles. The average Bonchev–Trinajstić information content (AvgIpc) is 2.51. The van der Waals surface area contributed by atoms with Gasteiger partial charge in [0.25, 0.3) is 0 Å². The van der Waals surface area contributed by atoms with Crippen LogP contribution in [0.1, 0.15) is 32.5 Å². The fraction of sp³-hybridized carbons (Fsp3) is 0.800. The van der Waals surface area contributed by atoms with Crippen LogP contribution in [0.2, 0.25) is 0 Å². The van der Waals surface area contributed by atoms with Crippen molar-refractivity contribution in [3.63, 3.8) is 0 Å². The molecule has 3 nitrogen and oxygen atoms in total. The summed E-state index contributed by atoms with van der Waals surface area (Å²) in [5, 5.41) is 4.30. The topological polar surface area (TPSA) is 30.7 Å². The molecule has 0 aliphatic rings. The van der Waals surface area contributed by atoms with Gasteiger partial charge in [-0.25, -0.2) is 4.98 Å². The minimum atomic E-state index is 0.281. The van der Waals surface area contributed by atoms with E-state index in [0.717, 1.165) is 25.1 Å². The number of hydrogen-bond acceptors (Lipinski definition) is 2. The van der Waals surface area contributed by atoms with Crippen LogP contribution >= 0.6 is 11.6 Å². The van der Waals surface area contributed by atoms with Crippen molar-refractivity contribution in [2.45, 2.75) is 38.5 Å². The van der Waals surface area contributed by atoms with Gasteiger partial charge in [0.15, 0.2) is 0 Å². The summed E-state index contributed by atoms with van der Waals surface area (Å²) < 4.78 is 1.82. The van der Waals surface area contributed by atoms with E-state index in [4.69, 9.17) is 11.6 Å². The third-order valence-electron chi connectivity index (χ3n) is 2.41. The van der Waals surface area contributed by atoms with Gasteiger partial charge in [-0.2, -0.15) is 5.10 Å². The lowest BCUT2D eigenvalue weighted by molar-refractivity contribution is 0.538. The molecule has 0 bridgehead atoms. The number of rotatable bonds is 5. The van der Waals surface area contributed by atoms with Gasteiger partial charge in [-0.3, -0.25) is 4.68 Å². The molecule has 0 fully saturated rings. The lowest BCUT2D eigenvalue weighted by Crippen LogP contribution is -2.08. The number of nitrogens with zero attached hydrogens (tertiary/aromatic N) is 3. The summed E-state index contributed by atoms with van der Waals surface area (Å²) in [6.45, 7) is 4.31. The fourth-order valence-corrected chi connectivity index (χ4v) is 1.49. The standard InChI is InChI=1S/C10H18ClN3/c1-8(2)9(11)5-4-6-10-12-7-13-14(10)3/h7-9H,4-6H2,1-3H3. The second kappa shape index (κ2) is 5.35. The quantitative estimate of drug-likeness (QED) is 0.707. The average molecular weight is 216 g/mol. The first-order valence-electron chi connectivity index (χ1n) is 5.08. The van der Waals surface area contributed by atoms with Crippen molar-refractivity contribution in [1.82, 2.24) is 14.8 Å². The Labute approximate surface area is 90.5 Å². The summed E-state index contributed by atoms with van der Waals surface area (Å²) in [5.41, 5.74) is 0. The third-order valence-corrected chi connectivity index (χ3v) is 3.13. The minimum absolute atomic E-state index is 0.281. The van der Waals surface area contributed by atoms with Gasteiger partial charge >= 0.3 is 0 Å². The van der Waals surface area contributed by atoms with Gasteiger partial charge in [0.05, 0.1) is 0 Å². The molecule has 0 N–H and O–H groups in total. The molecule has 4 heteroatoms. The fourth-order valence-electron chi connectivity index (χ4n) is 1.33.